The summed E-state index contributed by atoms with van der Waals surface area (Å²) in [5.74, 6) is -0.965. The fourth-order valence-electron chi connectivity index (χ4n) is 1.53. The minimum absolute atomic E-state index is 0.0568. The summed E-state index contributed by atoms with van der Waals surface area (Å²) in [7, 11) is -3.46. The van der Waals surface area contributed by atoms with Gasteiger partial charge in [-0.15, -0.1) is 0 Å². The summed E-state index contributed by atoms with van der Waals surface area (Å²) < 4.78 is 22.7. The van der Waals surface area contributed by atoms with Crippen molar-refractivity contribution in [3.05, 3.63) is 39.9 Å². The molecule has 0 saturated heterocycles. The van der Waals surface area contributed by atoms with E-state index in [0.717, 1.165) is 0 Å². The van der Waals surface area contributed by atoms with Crippen LogP contribution in [0, 0.1) is 10.1 Å². The molecule has 1 aromatic rings. The van der Waals surface area contributed by atoms with Gasteiger partial charge in [-0.2, -0.15) is 0 Å². The van der Waals surface area contributed by atoms with Gasteiger partial charge in [-0.1, -0.05) is 0 Å². The van der Waals surface area contributed by atoms with Crippen molar-refractivity contribution in [2.45, 2.75) is 19.6 Å². The Bertz CT molecular complexity index is 466. The lowest BCUT2D eigenvalue weighted by molar-refractivity contribution is -0.384. The molecule has 0 aromatic heterocycles. The van der Waals surface area contributed by atoms with Crippen molar-refractivity contribution in [2.24, 2.45) is 5.73 Å². The SMILES string of the molecule is CCOP(=O)(OCC)[C@@H](N)c1ccc([N+](=O)[O-])cc1. The number of nitro groups is 1. The summed E-state index contributed by atoms with van der Waals surface area (Å²) in [6.45, 7) is 3.79. The summed E-state index contributed by atoms with van der Waals surface area (Å²) in [6.07, 6.45) is 0. The van der Waals surface area contributed by atoms with Gasteiger partial charge >= 0.3 is 7.60 Å². The number of rotatable bonds is 7. The summed E-state index contributed by atoms with van der Waals surface area (Å²) in [5.41, 5.74) is 6.30. The number of hydrogen-bond acceptors (Lipinski definition) is 6. The number of non-ortho nitro benzene ring substituents is 1. The van der Waals surface area contributed by atoms with Crippen LogP contribution in [0.2, 0.25) is 0 Å². The highest BCUT2D eigenvalue weighted by Gasteiger charge is 2.33. The van der Waals surface area contributed by atoms with Crippen LogP contribution >= 0.6 is 7.60 Å². The Hall–Kier alpha value is -1.27. The molecule has 0 radical (unpaired) electrons. The number of nitrogens with zero attached hydrogens (tertiary/aromatic N) is 1. The third-order valence-electron chi connectivity index (χ3n) is 2.40. The third kappa shape index (κ3) is 3.84. The molecule has 7 nitrogen and oxygen atoms in total. The van der Waals surface area contributed by atoms with Gasteiger partial charge < -0.3 is 14.8 Å². The van der Waals surface area contributed by atoms with Gasteiger partial charge in [0.25, 0.3) is 5.69 Å². The number of hydrogen-bond donors (Lipinski definition) is 1. The highest BCUT2D eigenvalue weighted by atomic mass is 31.2. The van der Waals surface area contributed by atoms with E-state index in [4.69, 9.17) is 14.8 Å². The Labute approximate surface area is 111 Å². The van der Waals surface area contributed by atoms with Crippen LogP contribution in [0.1, 0.15) is 25.2 Å². The molecule has 2 N–H and O–H groups in total. The second kappa shape index (κ2) is 6.77. The molecule has 0 aliphatic heterocycles. The van der Waals surface area contributed by atoms with Gasteiger partial charge in [0.2, 0.25) is 0 Å². The van der Waals surface area contributed by atoms with Gasteiger partial charge in [0, 0.05) is 12.1 Å². The van der Waals surface area contributed by atoms with E-state index in [9.17, 15) is 14.7 Å². The summed E-state index contributed by atoms with van der Waals surface area (Å²) >= 11 is 0. The zero-order valence-corrected chi connectivity index (χ0v) is 11.7. The molecular formula is C11H17N2O5P. The Morgan fingerprint density at radius 1 is 1.26 bits per heavy atom. The van der Waals surface area contributed by atoms with Crippen LogP contribution in [0.5, 0.6) is 0 Å². The predicted molar refractivity (Wildman–Crippen MR) is 70.9 cm³/mol. The standard InChI is InChI=1S/C11H17N2O5P/c1-3-17-19(16,18-4-2)11(12)9-5-7-10(8-6-9)13(14)15/h5-8,11H,3-4,12H2,1-2H3/t11-/m1/s1. The second-order valence-electron chi connectivity index (χ2n) is 3.67. The fraction of sp³-hybridized carbons (Fsp3) is 0.455. The Morgan fingerprint density at radius 3 is 2.11 bits per heavy atom. The van der Waals surface area contributed by atoms with Crippen LogP contribution in [-0.4, -0.2) is 18.1 Å². The van der Waals surface area contributed by atoms with Gasteiger partial charge in [-0.3, -0.25) is 14.7 Å². The first-order valence-electron chi connectivity index (χ1n) is 5.83. The molecule has 0 saturated carbocycles. The first-order valence-corrected chi connectivity index (χ1v) is 7.44. The van der Waals surface area contributed by atoms with Crippen molar-refractivity contribution < 1.29 is 18.5 Å². The number of nitrogens with two attached hydrogens (primary N) is 1. The highest BCUT2D eigenvalue weighted by Crippen LogP contribution is 2.58. The zero-order valence-electron chi connectivity index (χ0n) is 10.8. The van der Waals surface area contributed by atoms with Crippen LogP contribution in [0.3, 0.4) is 0 Å². The lowest BCUT2D eigenvalue weighted by atomic mass is 10.2. The van der Waals surface area contributed by atoms with Crippen LogP contribution in [0.15, 0.2) is 24.3 Å². The molecule has 0 bridgehead atoms. The predicted octanol–water partition coefficient (Wildman–Crippen LogP) is 2.82. The molecule has 1 aromatic carbocycles. The van der Waals surface area contributed by atoms with E-state index in [1.165, 1.54) is 24.3 Å². The number of benzene rings is 1. The number of nitro benzene ring substituents is 1. The van der Waals surface area contributed by atoms with Crippen molar-refractivity contribution in [1.82, 2.24) is 0 Å². The molecule has 0 aliphatic carbocycles. The topological polar surface area (TPSA) is 105 Å². The molecule has 0 heterocycles. The smallest absolute Gasteiger partial charge is 0.314 e. The molecule has 0 unspecified atom stereocenters. The molecule has 19 heavy (non-hydrogen) atoms. The Balaban J connectivity index is 2.99. The summed E-state index contributed by atoms with van der Waals surface area (Å²) in [5, 5.41) is 10.6. The molecule has 1 rings (SSSR count). The van der Waals surface area contributed by atoms with Gasteiger partial charge in [-0.25, -0.2) is 0 Å². The first kappa shape index (κ1) is 15.8. The Morgan fingerprint density at radius 2 is 1.74 bits per heavy atom. The van der Waals surface area contributed by atoms with E-state index >= 15 is 0 Å². The van der Waals surface area contributed by atoms with Crippen molar-refractivity contribution in [2.75, 3.05) is 13.2 Å². The van der Waals surface area contributed by atoms with Gasteiger partial charge in [0.15, 0.2) is 0 Å². The van der Waals surface area contributed by atoms with Gasteiger partial charge in [0.05, 0.1) is 18.1 Å². The average molecular weight is 288 g/mol. The maximum atomic E-state index is 12.4. The molecule has 0 aliphatic rings. The molecule has 0 spiro atoms. The monoisotopic (exact) mass is 288 g/mol. The molecule has 106 valence electrons. The van der Waals surface area contributed by atoms with Crippen LogP contribution in [0.4, 0.5) is 5.69 Å². The zero-order chi connectivity index (χ0) is 14.5. The van der Waals surface area contributed by atoms with Crippen molar-refractivity contribution in [3.63, 3.8) is 0 Å². The van der Waals surface area contributed by atoms with Crippen molar-refractivity contribution >= 4 is 13.3 Å². The van der Waals surface area contributed by atoms with Crippen LogP contribution in [0.25, 0.3) is 0 Å². The van der Waals surface area contributed by atoms with E-state index in [2.05, 4.69) is 0 Å². The Kier molecular flexibility index (Phi) is 5.62. The molecule has 8 heteroatoms. The van der Waals surface area contributed by atoms with Crippen molar-refractivity contribution in [3.8, 4) is 0 Å². The normalized spacial score (nSPS) is 13.2. The summed E-state index contributed by atoms with van der Waals surface area (Å²) in [4.78, 5) is 10.0. The van der Waals surface area contributed by atoms with Crippen molar-refractivity contribution in [1.29, 1.82) is 0 Å². The van der Waals surface area contributed by atoms with Gasteiger partial charge in [0.1, 0.15) is 5.78 Å². The third-order valence-corrected chi connectivity index (χ3v) is 4.62. The largest absolute Gasteiger partial charge is 0.351 e. The van der Waals surface area contributed by atoms with E-state index in [0.29, 0.717) is 5.56 Å². The van der Waals surface area contributed by atoms with Crippen LogP contribution in [-0.2, 0) is 13.6 Å². The maximum Gasteiger partial charge on any atom is 0.351 e. The summed E-state index contributed by atoms with van der Waals surface area (Å²) in [6, 6.07) is 5.51. The maximum absolute atomic E-state index is 12.4. The quantitative estimate of drug-likeness (QED) is 0.470. The molecule has 0 fully saturated rings. The lowest BCUT2D eigenvalue weighted by Gasteiger charge is -2.23. The molecular weight excluding hydrogens is 271 g/mol. The molecule has 1 atom stereocenters. The average Bonchev–Trinajstić information content (AvgIpc) is 2.38. The first-order chi connectivity index (χ1) is 8.94. The highest BCUT2D eigenvalue weighted by molar-refractivity contribution is 7.54. The minimum atomic E-state index is -3.46. The minimum Gasteiger partial charge on any atom is -0.314 e. The van der Waals surface area contributed by atoms with E-state index in [1.54, 1.807) is 13.8 Å². The van der Waals surface area contributed by atoms with E-state index < -0.39 is 18.3 Å². The van der Waals surface area contributed by atoms with Crippen LogP contribution < -0.4 is 5.73 Å². The van der Waals surface area contributed by atoms with E-state index in [-0.39, 0.29) is 18.9 Å². The lowest BCUT2D eigenvalue weighted by Crippen LogP contribution is -2.15. The second-order valence-corrected chi connectivity index (χ2v) is 5.82. The van der Waals surface area contributed by atoms with Gasteiger partial charge in [-0.05, 0) is 31.5 Å². The fourth-order valence-corrected chi connectivity index (χ4v) is 3.19. The molecule has 0 amide bonds. The van der Waals surface area contributed by atoms with E-state index in [1.807, 2.05) is 0 Å².